The minimum absolute atomic E-state index is 0.445. The van der Waals surface area contributed by atoms with Gasteiger partial charge in [0.15, 0.2) is 0 Å². The Morgan fingerprint density at radius 1 is 1.29 bits per heavy atom. The van der Waals surface area contributed by atoms with E-state index in [0.717, 1.165) is 5.57 Å². The Morgan fingerprint density at radius 2 is 1.93 bits per heavy atom. The summed E-state index contributed by atoms with van der Waals surface area (Å²) >= 11 is 0. The number of nitrogens with two attached hydrogens (primary N) is 1. The number of benzene rings is 1. The highest BCUT2D eigenvalue weighted by Crippen LogP contribution is 2.12. The molecule has 0 unspecified atom stereocenters. The Balaban J connectivity index is 2.87. The molecule has 70 valence electrons. The second kappa shape index (κ2) is 4.94. The molecule has 0 bridgehead atoms. The summed E-state index contributed by atoms with van der Waals surface area (Å²) in [4.78, 5) is 0. The van der Waals surface area contributed by atoms with Gasteiger partial charge in [-0.05, 0) is 24.1 Å². The number of terminal acetylenes is 1. The quantitative estimate of drug-likeness (QED) is 0.553. The van der Waals surface area contributed by atoms with Gasteiger partial charge in [0.2, 0.25) is 0 Å². The van der Waals surface area contributed by atoms with Gasteiger partial charge in [0.25, 0.3) is 0 Å². The van der Waals surface area contributed by atoms with E-state index in [1.165, 1.54) is 5.56 Å². The van der Waals surface area contributed by atoms with Gasteiger partial charge >= 0.3 is 0 Å². The van der Waals surface area contributed by atoms with Gasteiger partial charge in [-0.2, -0.15) is 0 Å². The van der Waals surface area contributed by atoms with Crippen LogP contribution in [0.15, 0.2) is 48.2 Å². The molecule has 0 aliphatic rings. The zero-order chi connectivity index (χ0) is 10.4. The summed E-state index contributed by atoms with van der Waals surface area (Å²) in [6.45, 7) is 2.02. The van der Waals surface area contributed by atoms with Crippen LogP contribution in [0.4, 0.5) is 0 Å². The summed E-state index contributed by atoms with van der Waals surface area (Å²) in [6, 6.07) is 10.1. The predicted octanol–water partition coefficient (Wildman–Crippen LogP) is 2.57. The van der Waals surface area contributed by atoms with Gasteiger partial charge in [0, 0.05) is 0 Å². The van der Waals surface area contributed by atoms with Crippen molar-refractivity contribution in [1.29, 1.82) is 0 Å². The van der Waals surface area contributed by atoms with E-state index in [1.54, 1.807) is 6.08 Å². The Hall–Kier alpha value is -1.94. The maximum Gasteiger partial charge on any atom is 0.0824 e. The number of hydrogen-bond acceptors (Lipinski definition) is 1. The van der Waals surface area contributed by atoms with Gasteiger partial charge in [-0.1, -0.05) is 42.3 Å². The van der Waals surface area contributed by atoms with Gasteiger partial charge in [0.05, 0.1) is 5.70 Å². The highest BCUT2D eigenvalue weighted by atomic mass is 14.5. The van der Waals surface area contributed by atoms with Crippen LogP contribution >= 0.6 is 0 Å². The molecule has 0 saturated heterocycles. The first-order valence-electron chi connectivity index (χ1n) is 4.40. The topological polar surface area (TPSA) is 26.0 Å². The van der Waals surface area contributed by atoms with E-state index < -0.39 is 0 Å². The van der Waals surface area contributed by atoms with Crippen molar-refractivity contribution < 1.29 is 0 Å². The monoisotopic (exact) mass is 183 g/mol. The average molecular weight is 183 g/mol. The Kier molecular flexibility index (Phi) is 3.58. The number of rotatable bonds is 2. The second-order valence-corrected chi connectivity index (χ2v) is 2.98. The fraction of sp³-hybridized carbons (Fsp3) is 0.0769. The molecule has 14 heavy (non-hydrogen) atoms. The van der Waals surface area contributed by atoms with Crippen molar-refractivity contribution in [3.63, 3.8) is 0 Å². The van der Waals surface area contributed by atoms with Crippen molar-refractivity contribution in [2.75, 3.05) is 0 Å². The van der Waals surface area contributed by atoms with Crippen LogP contribution in [0.3, 0.4) is 0 Å². The molecule has 1 heteroatoms. The molecule has 0 radical (unpaired) electrons. The van der Waals surface area contributed by atoms with Gasteiger partial charge in [-0.25, -0.2) is 0 Å². The fourth-order valence-corrected chi connectivity index (χ4v) is 1.06. The molecular weight excluding hydrogens is 170 g/mol. The minimum atomic E-state index is 0.445. The number of hydrogen-bond donors (Lipinski definition) is 1. The summed E-state index contributed by atoms with van der Waals surface area (Å²) in [6.07, 6.45) is 8.78. The molecule has 0 spiro atoms. The maximum absolute atomic E-state index is 5.48. The smallest absolute Gasteiger partial charge is 0.0824 e. The van der Waals surface area contributed by atoms with Gasteiger partial charge in [-0.3, -0.25) is 0 Å². The van der Waals surface area contributed by atoms with Crippen LogP contribution in [0.2, 0.25) is 0 Å². The summed E-state index contributed by atoms with van der Waals surface area (Å²) in [7, 11) is 0. The first kappa shape index (κ1) is 10.1. The lowest BCUT2D eigenvalue weighted by Gasteiger charge is -1.98. The molecule has 0 aliphatic carbocycles. The molecule has 1 rings (SSSR count). The standard InChI is InChI=1S/C13H13N/c1-3-13(14)10-9-11(2)12-7-5-4-6-8-12/h1,4-10H,14H2,2H3/b11-9+,13-10+. The lowest BCUT2D eigenvalue weighted by Crippen LogP contribution is -1.91. The first-order chi connectivity index (χ1) is 6.74. The molecule has 0 amide bonds. The highest BCUT2D eigenvalue weighted by Gasteiger charge is 1.91. The summed E-state index contributed by atoms with van der Waals surface area (Å²) in [5, 5.41) is 0. The minimum Gasteiger partial charge on any atom is -0.392 e. The lowest BCUT2D eigenvalue weighted by molar-refractivity contribution is 1.46. The highest BCUT2D eigenvalue weighted by molar-refractivity contribution is 5.65. The molecule has 0 heterocycles. The van der Waals surface area contributed by atoms with Gasteiger partial charge < -0.3 is 5.73 Å². The molecule has 0 saturated carbocycles. The van der Waals surface area contributed by atoms with E-state index in [1.807, 2.05) is 43.3 Å². The van der Waals surface area contributed by atoms with Crippen molar-refractivity contribution in [3.8, 4) is 12.3 Å². The van der Waals surface area contributed by atoms with E-state index in [0.29, 0.717) is 5.70 Å². The molecule has 1 aromatic rings. The van der Waals surface area contributed by atoms with Crippen molar-refractivity contribution in [1.82, 2.24) is 0 Å². The van der Waals surface area contributed by atoms with Gasteiger partial charge in [-0.15, -0.1) is 6.42 Å². The summed E-state index contributed by atoms with van der Waals surface area (Å²) in [5.41, 5.74) is 8.24. The lowest BCUT2D eigenvalue weighted by atomic mass is 10.1. The molecule has 0 fully saturated rings. The second-order valence-electron chi connectivity index (χ2n) is 2.98. The van der Waals surface area contributed by atoms with Crippen LogP contribution in [0.1, 0.15) is 12.5 Å². The molecule has 0 atom stereocenters. The van der Waals surface area contributed by atoms with Crippen LogP contribution in [-0.2, 0) is 0 Å². The van der Waals surface area contributed by atoms with Crippen molar-refractivity contribution >= 4 is 5.57 Å². The zero-order valence-electron chi connectivity index (χ0n) is 8.20. The summed E-state index contributed by atoms with van der Waals surface area (Å²) < 4.78 is 0. The largest absolute Gasteiger partial charge is 0.392 e. The van der Waals surface area contributed by atoms with Gasteiger partial charge in [0.1, 0.15) is 0 Å². The van der Waals surface area contributed by atoms with Crippen molar-refractivity contribution in [2.24, 2.45) is 5.73 Å². The zero-order valence-corrected chi connectivity index (χ0v) is 8.20. The van der Waals surface area contributed by atoms with E-state index in [4.69, 9.17) is 12.2 Å². The average Bonchev–Trinajstić information content (AvgIpc) is 2.26. The fourth-order valence-electron chi connectivity index (χ4n) is 1.06. The molecule has 2 N–H and O–H groups in total. The van der Waals surface area contributed by atoms with Crippen molar-refractivity contribution in [3.05, 3.63) is 53.7 Å². The normalized spacial score (nSPS) is 12.3. The molecular formula is C13H13N. The van der Waals surface area contributed by atoms with E-state index in [-0.39, 0.29) is 0 Å². The predicted molar refractivity (Wildman–Crippen MR) is 61.2 cm³/mol. The van der Waals surface area contributed by atoms with E-state index >= 15 is 0 Å². The third-order valence-electron chi connectivity index (χ3n) is 1.91. The van der Waals surface area contributed by atoms with Crippen LogP contribution in [0.25, 0.3) is 5.57 Å². The van der Waals surface area contributed by atoms with E-state index in [2.05, 4.69) is 5.92 Å². The van der Waals surface area contributed by atoms with E-state index in [9.17, 15) is 0 Å². The Labute approximate surface area is 84.9 Å². The molecule has 1 aromatic carbocycles. The van der Waals surface area contributed by atoms with Crippen LogP contribution in [-0.4, -0.2) is 0 Å². The Bertz CT molecular complexity index is 391. The maximum atomic E-state index is 5.48. The van der Waals surface area contributed by atoms with Crippen LogP contribution in [0.5, 0.6) is 0 Å². The molecule has 0 aliphatic heterocycles. The van der Waals surface area contributed by atoms with Crippen LogP contribution < -0.4 is 5.73 Å². The Morgan fingerprint density at radius 3 is 2.50 bits per heavy atom. The molecule has 0 aromatic heterocycles. The third-order valence-corrected chi connectivity index (χ3v) is 1.91. The SMILES string of the molecule is C#C/C(N)=C\C=C(/C)c1ccccc1. The van der Waals surface area contributed by atoms with Crippen molar-refractivity contribution in [2.45, 2.75) is 6.92 Å². The number of allylic oxidation sites excluding steroid dienone is 4. The summed E-state index contributed by atoms with van der Waals surface area (Å²) in [5.74, 6) is 2.37. The van der Waals surface area contributed by atoms with Crippen LogP contribution in [0, 0.1) is 12.3 Å². The third kappa shape index (κ3) is 2.84. The first-order valence-corrected chi connectivity index (χ1v) is 4.40. The molecule has 1 nitrogen and oxygen atoms in total.